The Labute approximate surface area is 414 Å². The van der Waals surface area contributed by atoms with Gasteiger partial charge in [-0.25, -0.2) is 0 Å². The van der Waals surface area contributed by atoms with E-state index >= 15 is 4.79 Å². The van der Waals surface area contributed by atoms with Gasteiger partial charge in [0.15, 0.2) is 0 Å². The summed E-state index contributed by atoms with van der Waals surface area (Å²) in [6, 6.07) is 16.8. The lowest BCUT2D eigenvalue weighted by molar-refractivity contribution is -0.147. The van der Waals surface area contributed by atoms with Gasteiger partial charge in [-0.3, -0.25) is 28.8 Å². The van der Waals surface area contributed by atoms with Crippen molar-refractivity contribution >= 4 is 35.4 Å². The Bertz CT molecular complexity index is 2430. The Morgan fingerprint density at radius 2 is 1.10 bits per heavy atom. The molecule has 7 rings (SSSR count). The zero-order valence-electron chi connectivity index (χ0n) is 42.9. The van der Waals surface area contributed by atoms with Crippen molar-refractivity contribution in [2.45, 2.75) is 168 Å². The second-order valence-corrected chi connectivity index (χ2v) is 22.0. The SMILES string of the molecule is CN[C@@H](C)C(=O)NC(C(=O)N1Cc2cc(O[C@H]3CC(C(=O)NC4CCCc5ccccc54)N(C(=O)C(NC(=O)[C@H](C)NC)C(C)(C)C)C3)ccc2CC1C(=O)NC1CCCc2ccccc21)C(C)(C)C. The van der Waals surface area contributed by atoms with Crippen LogP contribution in [0.2, 0.25) is 0 Å². The average molecular weight is 961 g/mol. The minimum absolute atomic E-state index is 0.0793. The standard InChI is InChI=1S/C55H76N8O7/c1-32(56-9)48(64)60-46(54(3,4)5)52(68)62-30-37-27-38(26-25-36(37)28-44(62)50(66)58-42-23-15-19-34-17-11-13-21-40(34)42)70-39-29-45(51(67)59-43-24-16-20-35-18-12-14-22-41(35)43)63(31-39)53(69)47(55(6,7)8)61-49(65)33(2)57-10/h11-14,17-18,21-22,25-27,32-33,39,42-47,56-57H,15-16,19-20,23-24,28-31H2,1-10H3,(H,58,66)(H,59,67)(H,60,64)(H,61,65)/t32-,33-,39-,42?,43?,44?,45?,46?,47?/m0/s1. The number of likely N-dealkylation sites (N-methyl/N-ethyl adjacent to an activating group) is 2. The number of fused-ring (bicyclic) bond motifs is 3. The Kier molecular flexibility index (Phi) is 16.1. The zero-order valence-corrected chi connectivity index (χ0v) is 42.9. The molecule has 2 aliphatic carbocycles. The van der Waals surface area contributed by atoms with Gasteiger partial charge in [0.25, 0.3) is 0 Å². The van der Waals surface area contributed by atoms with Gasteiger partial charge in [-0.15, -0.1) is 0 Å². The van der Waals surface area contributed by atoms with Crippen molar-refractivity contribution in [3.05, 3.63) is 100 Å². The molecule has 6 unspecified atom stereocenters. The maximum atomic E-state index is 15.0. The molecule has 15 nitrogen and oxygen atoms in total. The molecule has 9 atom stereocenters. The fraction of sp³-hybridized carbons (Fsp3) is 0.564. The first-order valence-corrected chi connectivity index (χ1v) is 25.3. The van der Waals surface area contributed by atoms with E-state index in [2.05, 4.69) is 56.2 Å². The van der Waals surface area contributed by atoms with Gasteiger partial charge >= 0.3 is 0 Å². The van der Waals surface area contributed by atoms with Crippen molar-refractivity contribution in [1.82, 2.24) is 41.7 Å². The highest BCUT2D eigenvalue weighted by atomic mass is 16.5. The molecule has 0 spiro atoms. The van der Waals surface area contributed by atoms with E-state index in [-0.39, 0.29) is 73.5 Å². The van der Waals surface area contributed by atoms with Crippen LogP contribution in [0, 0.1) is 10.8 Å². The first kappa shape index (κ1) is 52.0. The minimum Gasteiger partial charge on any atom is -0.488 e. The van der Waals surface area contributed by atoms with Crippen molar-refractivity contribution in [2.24, 2.45) is 10.8 Å². The summed E-state index contributed by atoms with van der Waals surface area (Å²) >= 11 is 0. The predicted octanol–water partition coefficient (Wildman–Crippen LogP) is 4.95. The highest BCUT2D eigenvalue weighted by Crippen LogP contribution is 2.36. The monoisotopic (exact) mass is 961 g/mol. The largest absolute Gasteiger partial charge is 0.488 e. The van der Waals surface area contributed by atoms with Gasteiger partial charge in [-0.2, -0.15) is 0 Å². The molecule has 378 valence electrons. The summed E-state index contributed by atoms with van der Waals surface area (Å²) < 4.78 is 6.73. The lowest BCUT2D eigenvalue weighted by Crippen LogP contribution is -2.62. The zero-order chi connectivity index (χ0) is 50.7. The van der Waals surface area contributed by atoms with Crippen LogP contribution in [0.5, 0.6) is 5.75 Å². The second kappa shape index (κ2) is 21.7. The van der Waals surface area contributed by atoms with E-state index < -0.39 is 53.2 Å². The maximum absolute atomic E-state index is 15.0. The van der Waals surface area contributed by atoms with Gasteiger partial charge in [-0.05, 0) is 123 Å². The Morgan fingerprint density at radius 3 is 1.60 bits per heavy atom. The molecule has 0 bridgehead atoms. The number of likely N-dealkylation sites (tertiary alicyclic amines) is 1. The van der Waals surface area contributed by atoms with Crippen LogP contribution in [0.4, 0.5) is 0 Å². The quantitative estimate of drug-likeness (QED) is 0.130. The summed E-state index contributed by atoms with van der Waals surface area (Å²) in [4.78, 5) is 88.8. The Morgan fingerprint density at radius 1 is 0.614 bits per heavy atom. The van der Waals surface area contributed by atoms with E-state index in [1.54, 1.807) is 37.7 Å². The first-order chi connectivity index (χ1) is 33.2. The number of nitrogens with one attached hydrogen (secondary N) is 6. The minimum atomic E-state index is -0.946. The molecule has 0 radical (unpaired) electrons. The number of benzene rings is 3. The van der Waals surface area contributed by atoms with Crippen molar-refractivity contribution < 1.29 is 33.5 Å². The first-order valence-electron chi connectivity index (χ1n) is 25.3. The Balaban J connectivity index is 1.17. The molecule has 0 saturated carbocycles. The fourth-order valence-corrected chi connectivity index (χ4v) is 10.4. The number of carbonyl (C=O) groups is 6. The van der Waals surface area contributed by atoms with Crippen LogP contribution >= 0.6 is 0 Å². The molecule has 1 saturated heterocycles. The lowest BCUT2D eigenvalue weighted by atomic mass is 9.83. The topological polar surface area (TPSA) is 190 Å². The molecule has 6 N–H and O–H groups in total. The molecular formula is C55H76N8O7. The number of hydrogen-bond donors (Lipinski definition) is 6. The van der Waals surface area contributed by atoms with Gasteiger partial charge in [-0.1, -0.05) is 96.1 Å². The number of ether oxygens (including phenoxy) is 1. The van der Waals surface area contributed by atoms with Crippen LogP contribution in [0.25, 0.3) is 0 Å². The molecule has 0 aromatic heterocycles. The number of nitrogens with zero attached hydrogens (tertiary/aromatic N) is 2. The van der Waals surface area contributed by atoms with Gasteiger partial charge in [0, 0.05) is 19.4 Å². The third kappa shape index (κ3) is 11.7. The normalized spacial score (nSPS) is 22.7. The van der Waals surface area contributed by atoms with Crippen LogP contribution in [-0.4, -0.2) is 108 Å². The Hall–Kier alpha value is -5.80. The molecule has 6 amide bonds. The number of hydrogen-bond acceptors (Lipinski definition) is 9. The van der Waals surface area contributed by atoms with E-state index in [0.717, 1.165) is 60.8 Å². The van der Waals surface area contributed by atoms with Crippen LogP contribution in [-0.2, 0) is 54.6 Å². The number of amides is 6. The predicted molar refractivity (Wildman–Crippen MR) is 269 cm³/mol. The van der Waals surface area contributed by atoms with Crippen molar-refractivity contribution in [3.63, 3.8) is 0 Å². The molecule has 2 heterocycles. The van der Waals surface area contributed by atoms with E-state index in [1.807, 2.05) is 84.0 Å². The fourth-order valence-electron chi connectivity index (χ4n) is 10.4. The lowest BCUT2D eigenvalue weighted by Gasteiger charge is -2.42. The van der Waals surface area contributed by atoms with E-state index in [1.165, 1.54) is 11.1 Å². The van der Waals surface area contributed by atoms with E-state index in [4.69, 9.17) is 4.74 Å². The third-order valence-electron chi connectivity index (χ3n) is 14.9. The van der Waals surface area contributed by atoms with Gasteiger partial charge in [0.1, 0.15) is 36.0 Å². The summed E-state index contributed by atoms with van der Waals surface area (Å²) in [5.74, 6) is -1.45. The number of aryl methyl sites for hydroxylation is 2. The molecule has 1 fully saturated rings. The van der Waals surface area contributed by atoms with E-state index in [9.17, 15) is 24.0 Å². The average Bonchev–Trinajstić information content (AvgIpc) is 3.76. The van der Waals surface area contributed by atoms with E-state index in [0.29, 0.717) is 5.75 Å². The summed E-state index contributed by atoms with van der Waals surface area (Å²) in [7, 11) is 3.37. The molecule has 15 heteroatoms. The van der Waals surface area contributed by atoms with Crippen molar-refractivity contribution in [1.29, 1.82) is 0 Å². The van der Waals surface area contributed by atoms with Crippen LogP contribution in [0.3, 0.4) is 0 Å². The summed E-state index contributed by atoms with van der Waals surface area (Å²) in [6.07, 6.45) is 5.13. The number of carbonyl (C=O) groups excluding carboxylic acids is 6. The smallest absolute Gasteiger partial charge is 0.246 e. The molecular weight excluding hydrogens is 885 g/mol. The third-order valence-corrected chi connectivity index (χ3v) is 14.9. The molecule has 4 aliphatic rings. The summed E-state index contributed by atoms with van der Waals surface area (Å²) in [5, 5.41) is 18.5. The highest BCUT2D eigenvalue weighted by Gasteiger charge is 2.47. The molecule has 70 heavy (non-hydrogen) atoms. The van der Waals surface area contributed by atoms with Gasteiger partial charge in [0.05, 0.1) is 30.7 Å². The maximum Gasteiger partial charge on any atom is 0.246 e. The van der Waals surface area contributed by atoms with Crippen molar-refractivity contribution in [2.75, 3.05) is 20.6 Å². The van der Waals surface area contributed by atoms with Crippen molar-refractivity contribution in [3.8, 4) is 5.75 Å². The van der Waals surface area contributed by atoms with Crippen LogP contribution < -0.4 is 36.6 Å². The van der Waals surface area contributed by atoms with Gasteiger partial charge < -0.3 is 46.4 Å². The number of rotatable bonds is 14. The van der Waals surface area contributed by atoms with Crippen LogP contribution in [0.15, 0.2) is 66.7 Å². The molecule has 3 aromatic carbocycles. The van der Waals surface area contributed by atoms with Gasteiger partial charge in [0.2, 0.25) is 35.4 Å². The highest BCUT2D eigenvalue weighted by molar-refractivity contribution is 5.95. The molecule has 2 aliphatic heterocycles. The second-order valence-electron chi connectivity index (χ2n) is 22.0. The molecule has 3 aromatic rings. The summed E-state index contributed by atoms with van der Waals surface area (Å²) in [6.45, 7) is 15.0. The summed E-state index contributed by atoms with van der Waals surface area (Å²) in [5.41, 5.74) is 4.84. The van der Waals surface area contributed by atoms with Crippen LogP contribution in [0.1, 0.15) is 133 Å².